The average molecular weight is 493 g/mol. The first-order valence-electron chi connectivity index (χ1n) is 11.3. The van der Waals surface area contributed by atoms with Crippen LogP contribution in [-0.2, 0) is 15.3 Å². The van der Waals surface area contributed by atoms with E-state index in [1.165, 1.54) is 6.92 Å². The Labute approximate surface area is 208 Å². The summed E-state index contributed by atoms with van der Waals surface area (Å²) in [4.78, 5) is 35.8. The van der Waals surface area contributed by atoms with Crippen molar-refractivity contribution in [3.8, 4) is 11.4 Å². The van der Waals surface area contributed by atoms with Gasteiger partial charge in [-0.2, -0.15) is 0 Å². The lowest BCUT2D eigenvalue weighted by molar-refractivity contribution is -0.114. The summed E-state index contributed by atoms with van der Waals surface area (Å²) >= 11 is 1.67. The number of aromatic nitrogens is 2. The van der Waals surface area contributed by atoms with Gasteiger partial charge in [0.15, 0.2) is 5.82 Å². The van der Waals surface area contributed by atoms with Gasteiger partial charge in [-0.1, -0.05) is 0 Å². The van der Waals surface area contributed by atoms with Gasteiger partial charge in [0.05, 0.1) is 18.9 Å². The minimum Gasteiger partial charge on any atom is -0.378 e. The second-order valence-electron chi connectivity index (χ2n) is 7.92. The Morgan fingerprint density at radius 3 is 2.29 bits per heavy atom. The maximum atomic E-state index is 11.6. The van der Waals surface area contributed by atoms with Crippen LogP contribution in [0.2, 0.25) is 0 Å². The maximum absolute atomic E-state index is 11.6. The van der Waals surface area contributed by atoms with E-state index >= 15 is 0 Å². The lowest BCUT2D eigenvalue weighted by Gasteiger charge is -2.28. The maximum Gasteiger partial charge on any atom is 0.318 e. The molecular weight excluding hydrogens is 464 g/mol. The van der Waals surface area contributed by atoms with Crippen molar-refractivity contribution < 1.29 is 14.3 Å². The number of nitrogens with zero attached hydrogens (tertiary/aromatic N) is 3. The highest BCUT2D eigenvalue weighted by molar-refractivity contribution is 7.98. The van der Waals surface area contributed by atoms with Gasteiger partial charge in [0.2, 0.25) is 5.91 Å². The molecule has 10 heteroatoms. The summed E-state index contributed by atoms with van der Waals surface area (Å²) in [5.41, 5.74) is 3.25. The highest BCUT2D eigenvalue weighted by Crippen LogP contribution is 2.28. The molecule has 2 aromatic carbocycles. The van der Waals surface area contributed by atoms with Gasteiger partial charge in [0, 0.05) is 60.7 Å². The van der Waals surface area contributed by atoms with Crippen LogP contribution in [0.25, 0.3) is 11.4 Å². The summed E-state index contributed by atoms with van der Waals surface area (Å²) < 4.78 is 5.50. The first-order valence-corrected chi connectivity index (χ1v) is 12.3. The molecular formula is C25H28N6O3S. The summed E-state index contributed by atoms with van der Waals surface area (Å²) in [6.07, 6.45) is 0. The minimum absolute atomic E-state index is 0.0907. The fourth-order valence-electron chi connectivity index (χ4n) is 3.53. The molecule has 3 aromatic rings. The molecule has 0 aliphatic carbocycles. The molecule has 1 saturated heterocycles. The van der Waals surface area contributed by atoms with Gasteiger partial charge in [0.1, 0.15) is 5.82 Å². The highest BCUT2D eigenvalue weighted by atomic mass is 32.2. The standard InChI is InChI=1S/C25H28N6O3S/c1-17(32)27-19-7-9-22(10-8-19)35-16-21-15-23(31-11-13-34-14-12-31)30-24(28-21)18-3-5-20(6-4-18)29-25(33)26-2/h3-10,15H,11-14,16H2,1-2H3,(H,27,32)(H2,26,29,33). The van der Waals surface area contributed by atoms with E-state index in [9.17, 15) is 9.59 Å². The second-order valence-corrected chi connectivity index (χ2v) is 8.96. The molecule has 3 amide bonds. The molecule has 0 saturated carbocycles. The van der Waals surface area contributed by atoms with Crippen LogP contribution in [-0.4, -0.2) is 55.3 Å². The SMILES string of the molecule is CNC(=O)Nc1ccc(-c2nc(CSc3ccc(NC(C)=O)cc3)cc(N3CCOCC3)n2)cc1. The van der Waals surface area contributed by atoms with Gasteiger partial charge in [-0.15, -0.1) is 11.8 Å². The number of morpholine rings is 1. The van der Waals surface area contributed by atoms with E-state index in [2.05, 4.69) is 20.9 Å². The van der Waals surface area contributed by atoms with E-state index in [0.29, 0.717) is 30.5 Å². The molecule has 0 radical (unpaired) electrons. The van der Waals surface area contributed by atoms with Crippen molar-refractivity contribution in [2.45, 2.75) is 17.6 Å². The van der Waals surface area contributed by atoms with Crippen LogP contribution in [0.5, 0.6) is 0 Å². The van der Waals surface area contributed by atoms with Crippen molar-refractivity contribution in [2.75, 3.05) is 48.9 Å². The molecule has 182 valence electrons. The molecule has 35 heavy (non-hydrogen) atoms. The summed E-state index contributed by atoms with van der Waals surface area (Å²) in [5, 5.41) is 8.08. The smallest absolute Gasteiger partial charge is 0.318 e. The van der Waals surface area contributed by atoms with Crippen molar-refractivity contribution >= 4 is 40.9 Å². The van der Waals surface area contributed by atoms with Crippen molar-refractivity contribution in [3.63, 3.8) is 0 Å². The van der Waals surface area contributed by atoms with E-state index in [-0.39, 0.29) is 11.9 Å². The van der Waals surface area contributed by atoms with Crippen molar-refractivity contribution in [3.05, 3.63) is 60.3 Å². The molecule has 1 aliphatic heterocycles. The predicted molar refractivity (Wildman–Crippen MR) is 139 cm³/mol. The van der Waals surface area contributed by atoms with Crippen molar-refractivity contribution in [2.24, 2.45) is 0 Å². The van der Waals surface area contributed by atoms with E-state index in [0.717, 1.165) is 40.7 Å². The molecule has 0 unspecified atom stereocenters. The molecule has 1 aromatic heterocycles. The van der Waals surface area contributed by atoms with Crippen LogP contribution < -0.4 is 20.9 Å². The number of carbonyl (C=O) groups excluding carboxylic acids is 2. The lowest BCUT2D eigenvalue weighted by atomic mass is 10.2. The monoisotopic (exact) mass is 492 g/mol. The van der Waals surface area contributed by atoms with Crippen LogP contribution in [0.1, 0.15) is 12.6 Å². The van der Waals surface area contributed by atoms with Crippen LogP contribution >= 0.6 is 11.8 Å². The van der Waals surface area contributed by atoms with E-state index < -0.39 is 0 Å². The van der Waals surface area contributed by atoms with E-state index in [1.54, 1.807) is 18.8 Å². The fourth-order valence-corrected chi connectivity index (χ4v) is 4.32. The third-order valence-corrected chi connectivity index (χ3v) is 6.34. The highest BCUT2D eigenvalue weighted by Gasteiger charge is 2.16. The fraction of sp³-hybridized carbons (Fsp3) is 0.280. The quantitative estimate of drug-likeness (QED) is 0.428. The van der Waals surface area contributed by atoms with E-state index in [4.69, 9.17) is 14.7 Å². The summed E-state index contributed by atoms with van der Waals surface area (Å²) in [7, 11) is 1.57. The third kappa shape index (κ3) is 6.93. The molecule has 2 heterocycles. The predicted octanol–water partition coefficient (Wildman–Crippen LogP) is 3.98. The normalized spacial score (nSPS) is 13.3. The van der Waals surface area contributed by atoms with Crippen LogP contribution in [0.3, 0.4) is 0 Å². The topological polar surface area (TPSA) is 108 Å². The zero-order valence-corrected chi connectivity index (χ0v) is 20.5. The molecule has 0 atom stereocenters. The Kier molecular flexibility index (Phi) is 8.17. The average Bonchev–Trinajstić information content (AvgIpc) is 2.88. The Balaban J connectivity index is 1.55. The number of carbonyl (C=O) groups is 2. The van der Waals surface area contributed by atoms with Gasteiger partial charge in [0.25, 0.3) is 0 Å². The van der Waals surface area contributed by atoms with Gasteiger partial charge in [-0.25, -0.2) is 14.8 Å². The van der Waals surface area contributed by atoms with Crippen molar-refractivity contribution in [1.29, 1.82) is 0 Å². The first kappa shape index (κ1) is 24.5. The third-order valence-electron chi connectivity index (χ3n) is 5.29. The number of hydrogen-bond donors (Lipinski definition) is 3. The van der Waals surface area contributed by atoms with Crippen LogP contribution in [0, 0.1) is 0 Å². The Morgan fingerprint density at radius 1 is 0.971 bits per heavy atom. The van der Waals surface area contributed by atoms with Crippen LogP contribution in [0.4, 0.5) is 22.0 Å². The Hall–Kier alpha value is -3.63. The number of hydrogen-bond acceptors (Lipinski definition) is 7. The van der Waals surface area contributed by atoms with Gasteiger partial charge >= 0.3 is 6.03 Å². The molecule has 0 spiro atoms. The number of ether oxygens (including phenoxy) is 1. The molecule has 9 nitrogen and oxygen atoms in total. The van der Waals surface area contributed by atoms with E-state index in [1.807, 2.05) is 54.6 Å². The zero-order valence-electron chi connectivity index (χ0n) is 19.7. The second kappa shape index (κ2) is 11.7. The molecule has 1 fully saturated rings. The largest absolute Gasteiger partial charge is 0.378 e. The first-order chi connectivity index (χ1) is 17.0. The minimum atomic E-state index is -0.271. The molecule has 0 bridgehead atoms. The number of rotatable bonds is 7. The molecule has 4 rings (SSSR count). The number of anilines is 3. The Bertz CT molecular complexity index is 1160. The van der Waals surface area contributed by atoms with Crippen molar-refractivity contribution in [1.82, 2.24) is 15.3 Å². The number of benzene rings is 2. The summed E-state index contributed by atoms with van der Waals surface area (Å²) in [5.74, 6) is 2.09. The number of amides is 3. The zero-order chi connectivity index (χ0) is 24.6. The van der Waals surface area contributed by atoms with Gasteiger partial charge in [-0.05, 0) is 48.5 Å². The summed E-state index contributed by atoms with van der Waals surface area (Å²) in [6, 6.07) is 17.0. The van der Waals surface area contributed by atoms with Crippen LogP contribution in [0.15, 0.2) is 59.5 Å². The number of nitrogens with one attached hydrogen (secondary N) is 3. The number of thioether (sulfide) groups is 1. The molecule has 3 N–H and O–H groups in total. The number of urea groups is 1. The Morgan fingerprint density at radius 2 is 1.63 bits per heavy atom. The summed E-state index contributed by atoms with van der Waals surface area (Å²) in [6.45, 7) is 4.40. The van der Waals surface area contributed by atoms with Gasteiger partial charge < -0.3 is 25.6 Å². The molecule has 1 aliphatic rings. The lowest BCUT2D eigenvalue weighted by Crippen LogP contribution is -2.37. The van der Waals surface area contributed by atoms with Gasteiger partial charge in [-0.3, -0.25) is 4.79 Å².